The van der Waals surface area contributed by atoms with E-state index in [1.54, 1.807) is 17.0 Å². The quantitative estimate of drug-likeness (QED) is 0.729. The molecule has 1 atom stereocenters. The molecule has 1 unspecified atom stereocenters. The fraction of sp³-hybridized carbons (Fsp3) is 0.417. The summed E-state index contributed by atoms with van der Waals surface area (Å²) in [5.74, 6) is 0.00625. The number of likely N-dealkylation sites (tertiary alicyclic amines) is 1. The molecule has 84 valence electrons. The summed E-state index contributed by atoms with van der Waals surface area (Å²) in [5.41, 5.74) is 0.681. The molecule has 1 aromatic carbocycles. The van der Waals surface area contributed by atoms with Crippen molar-refractivity contribution in [1.82, 2.24) is 4.90 Å². The fourth-order valence-corrected chi connectivity index (χ4v) is 2.13. The number of carbonyl (C=O) groups is 1. The molecule has 1 aromatic rings. The molecule has 2 rings (SSSR count). The third-order valence-corrected chi connectivity index (χ3v) is 2.94. The number of benzene rings is 1. The smallest absolute Gasteiger partial charge is 0.254 e. The van der Waals surface area contributed by atoms with Gasteiger partial charge in [0.2, 0.25) is 0 Å². The first-order chi connectivity index (χ1) is 7.83. The Labute approximate surface area is 94.2 Å². The van der Waals surface area contributed by atoms with Crippen LogP contribution in [0.4, 0.5) is 0 Å². The Hall–Kier alpha value is -1.71. The summed E-state index contributed by atoms with van der Waals surface area (Å²) in [7, 11) is 0. The van der Waals surface area contributed by atoms with E-state index in [1.165, 1.54) is 0 Å². The van der Waals surface area contributed by atoms with Crippen LogP contribution in [0.1, 0.15) is 23.2 Å². The van der Waals surface area contributed by atoms with Gasteiger partial charge >= 0.3 is 0 Å². The van der Waals surface area contributed by atoms with E-state index in [1.807, 2.05) is 18.2 Å². The van der Waals surface area contributed by atoms with E-state index in [0.29, 0.717) is 5.56 Å². The number of rotatable bonds is 3. The lowest BCUT2D eigenvalue weighted by Gasteiger charge is -2.22. The largest absolute Gasteiger partial charge is 0.334 e. The van der Waals surface area contributed by atoms with E-state index in [-0.39, 0.29) is 18.5 Å². The van der Waals surface area contributed by atoms with Crippen LogP contribution >= 0.6 is 0 Å². The number of amides is 1. The summed E-state index contributed by atoms with van der Waals surface area (Å²) in [6, 6.07) is 9.15. The molecular weight excluding hydrogens is 204 g/mol. The van der Waals surface area contributed by atoms with E-state index < -0.39 is 0 Å². The van der Waals surface area contributed by atoms with Gasteiger partial charge in [-0.1, -0.05) is 23.4 Å². The van der Waals surface area contributed by atoms with Crippen molar-refractivity contribution < 1.29 is 4.79 Å². The van der Waals surface area contributed by atoms with Crippen molar-refractivity contribution >= 4 is 5.91 Å². The lowest BCUT2D eigenvalue weighted by molar-refractivity contribution is 0.0741. The zero-order chi connectivity index (χ0) is 11.4. The second-order valence-electron chi connectivity index (χ2n) is 3.97. The highest BCUT2D eigenvalue weighted by molar-refractivity contribution is 5.94. The van der Waals surface area contributed by atoms with Gasteiger partial charge in [0.25, 0.3) is 5.91 Å². The van der Waals surface area contributed by atoms with Crippen LogP contribution in [0.15, 0.2) is 35.5 Å². The van der Waals surface area contributed by atoms with Crippen LogP contribution in [0, 0.1) is 4.91 Å². The van der Waals surface area contributed by atoms with Gasteiger partial charge in [-0.3, -0.25) is 4.79 Å². The van der Waals surface area contributed by atoms with Gasteiger partial charge in [-0.05, 0) is 25.0 Å². The molecule has 1 aliphatic rings. The van der Waals surface area contributed by atoms with E-state index in [0.717, 1.165) is 19.4 Å². The Morgan fingerprint density at radius 1 is 1.38 bits per heavy atom. The summed E-state index contributed by atoms with van der Waals surface area (Å²) < 4.78 is 0. The summed E-state index contributed by atoms with van der Waals surface area (Å²) in [6.07, 6.45) is 1.84. The average molecular weight is 218 g/mol. The Morgan fingerprint density at radius 2 is 2.12 bits per heavy atom. The van der Waals surface area contributed by atoms with Crippen molar-refractivity contribution in [3.63, 3.8) is 0 Å². The molecule has 0 saturated carbocycles. The van der Waals surface area contributed by atoms with Crippen molar-refractivity contribution in [2.24, 2.45) is 5.18 Å². The zero-order valence-corrected chi connectivity index (χ0v) is 9.00. The Balaban J connectivity index is 2.12. The van der Waals surface area contributed by atoms with Gasteiger partial charge in [0, 0.05) is 12.1 Å². The number of hydrogen-bond donors (Lipinski definition) is 0. The minimum absolute atomic E-state index is 0.00625. The molecular formula is C12H14N2O2. The Kier molecular flexibility index (Phi) is 3.29. The first-order valence-corrected chi connectivity index (χ1v) is 5.48. The van der Waals surface area contributed by atoms with Crippen molar-refractivity contribution in [1.29, 1.82) is 0 Å². The van der Waals surface area contributed by atoms with Gasteiger partial charge in [0.15, 0.2) is 0 Å². The van der Waals surface area contributed by atoms with Gasteiger partial charge in [0.1, 0.15) is 6.54 Å². The third-order valence-electron chi connectivity index (χ3n) is 2.94. The maximum absolute atomic E-state index is 12.1. The van der Waals surface area contributed by atoms with Crippen molar-refractivity contribution in [2.45, 2.75) is 18.9 Å². The van der Waals surface area contributed by atoms with Gasteiger partial charge in [-0.25, -0.2) is 0 Å². The minimum atomic E-state index is -0.00907. The van der Waals surface area contributed by atoms with E-state index in [4.69, 9.17) is 0 Å². The Bertz CT molecular complexity index is 378. The van der Waals surface area contributed by atoms with Crippen LogP contribution in [-0.2, 0) is 0 Å². The molecule has 0 bridgehead atoms. The molecule has 0 aliphatic carbocycles. The van der Waals surface area contributed by atoms with Crippen LogP contribution in [0.25, 0.3) is 0 Å². The minimum Gasteiger partial charge on any atom is -0.334 e. The summed E-state index contributed by atoms with van der Waals surface area (Å²) in [6.45, 7) is 0.937. The topological polar surface area (TPSA) is 49.7 Å². The summed E-state index contributed by atoms with van der Waals surface area (Å²) >= 11 is 0. The van der Waals surface area contributed by atoms with Crippen LogP contribution in [0.3, 0.4) is 0 Å². The number of nitroso groups, excluding NO2 is 1. The van der Waals surface area contributed by atoms with E-state index >= 15 is 0 Å². The molecule has 0 radical (unpaired) electrons. The van der Waals surface area contributed by atoms with Crippen molar-refractivity contribution in [3.05, 3.63) is 40.8 Å². The van der Waals surface area contributed by atoms with Gasteiger partial charge in [0.05, 0.1) is 6.04 Å². The predicted molar refractivity (Wildman–Crippen MR) is 61.2 cm³/mol. The second kappa shape index (κ2) is 4.88. The van der Waals surface area contributed by atoms with E-state index in [9.17, 15) is 9.70 Å². The van der Waals surface area contributed by atoms with Gasteiger partial charge in [-0.15, -0.1) is 0 Å². The lowest BCUT2D eigenvalue weighted by Crippen LogP contribution is -2.37. The van der Waals surface area contributed by atoms with Crippen LogP contribution in [0.2, 0.25) is 0 Å². The highest BCUT2D eigenvalue weighted by Gasteiger charge is 2.29. The molecule has 1 aliphatic heterocycles. The van der Waals surface area contributed by atoms with Crippen molar-refractivity contribution in [3.8, 4) is 0 Å². The van der Waals surface area contributed by atoms with Crippen molar-refractivity contribution in [2.75, 3.05) is 13.1 Å². The average Bonchev–Trinajstić information content (AvgIpc) is 2.78. The molecule has 4 heteroatoms. The molecule has 4 nitrogen and oxygen atoms in total. The normalized spacial score (nSPS) is 19.8. The predicted octanol–water partition coefficient (Wildman–Crippen LogP) is 2.06. The lowest BCUT2D eigenvalue weighted by atomic mass is 10.1. The molecule has 16 heavy (non-hydrogen) atoms. The van der Waals surface area contributed by atoms with Gasteiger partial charge < -0.3 is 4.90 Å². The first kappa shape index (κ1) is 10.8. The highest BCUT2D eigenvalue weighted by Crippen LogP contribution is 2.20. The van der Waals surface area contributed by atoms with Gasteiger partial charge in [-0.2, -0.15) is 4.91 Å². The maximum Gasteiger partial charge on any atom is 0.254 e. The molecule has 0 aromatic heterocycles. The van der Waals surface area contributed by atoms with Crippen LogP contribution in [0.5, 0.6) is 0 Å². The molecule has 0 N–H and O–H groups in total. The first-order valence-electron chi connectivity index (χ1n) is 5.48. The standard InChI is InChI=1S/C12H14N2O2/c15-12(10-5-2-1-3-6-10)14-8-4-7-11(14)9-13-16/h1-3,5-6,11H,4,7-9H2. The highest BCUT2D eigenvalue weighted by atomic mass is 16.3. The monoisotopic (exact) mass is 218 g/mol. The van der Waals surface area contributed by atoms with Crippen LogP contribution < -0.4 is 0 Å². The van der Waals surface area contributed by atoms with Crippen LogP contribution in [-0.4, -0.2) is 29.9 Å². The summed E-state index contributed by atoms with van der Waals surface area (Å²) in [5, 5.41) is 2.90. The molecule has 1 amide bonds. The number of carbonyl (C=O) groups excluding carboxylic acids is 1. The molecule has 0 spiro atoms. The molecule has 1 saturated heterocycles. The zero-order valence-electron chi connectivity index (χ0n) is 9.00. The number of hydrogen-bond acceptors (Lipinski definition) is 3. The van der Waals surface area contributed by atoms with E-state index in [2.05, 4.69) is 5.18 Å². The molecule has 1 heterocycles. The summed E-state index contributed by atoms with van der Waals surface area (Å²) in [4.78, 5) is 24.2. The second-order valence-corrected chi connectivity index (χ2v) is 3.97. The maximum atomic E-state index is 12.1. The Morgan fingerprint density at radius 3 is 2.81 bits per heavy atom. The fourth-order valence-electron chi connectivity index (χ4n) is 2.13. The molecule has 1 fully saturated rings. The SMILES string of the molecule is O=NCC1CCCN1C(=O)c1ccccc1. The number of nitrogens with zero attached hydrogens (tertiary/aromatic N) is 2. The third kappa shape index (κ3) is 2.10.